The van der Waals surface area contributed by atoms with E-state index in [-0.39, 0.29) is 18.1 Å². The highest BCUT2D eigenvalue weighted by molar-refractivity contribution is 8.13. The second-order valence-corrected chi connectivity index (χ2v) is 6.44. The number of aliphatic imine (C=N–C) groups is 2. The second-order valence-electron chi connectivity index (χ2n) is 5.50. The molecule has 0 bridgehead atoms. The zero-order valence-corrected chi connectivity index (χ0v) is 13.8. The Labute approximate surface area is 147 Å². The standard InChI is InChI=1S/C17H12N4O3S/c22-15-9-18-16-13-6-1-2-7-14(13)19-17(20(15)16)25-10-11-4-3-5-12(8-11)21(23)24/h1-8H,9-10H2. The highest BCUT2D eigenvalue weighted by atomic mass is 32.2. The van der Waals surface area contributed by atoms with E-state index >= 15 is 0 Å². The summed E-state index contributed by atoms with van der Waals surface area (Å²) in [5, 5.41) is 11.4. The highest BCUT2D eigenvalue weighted by Crippen LogP contribution is 2.33. The molecule has 8 heteroatoms. The Morgan fingerprint density at radius 1 is 1.20 bits per heavy atom. The number of amidine groups is 2. The maximum absolute atomic E-state index is 12.2. The van der Waals surface area contributed by atoms with Gasteiger partial charge in [-0.15, -0.1) is 0 Å². The number of hydrogen-bond donors (Lipinski definition) is 0. The molecule has 7 nitrogen and oxygen atoms in total. The summed E-state index contributed by atoms with van der Waals surface area (Å²) in [7, 11) is 0. The van der Waals surface area contributed by atoms with Crippen LogP contribution in [0.3, 0.4) is 0 Å². The third-order valence-corrected chi connectivity index (χ3v) is 4.88. The number of rotatable bonds is 3. The van der Waals surface area contributed by atoms with Gasteiger partial charge in [-0.2, -0.15) is 0 Å². The average Bonchev–Trinajstić information content (AvgIpc) is 3.02. The molecule has 0 fully saturated rings. The lowest BCUT2D eigenvalue weighted by Crippen LogP contribution is -2.39. The Hall–Kier alpha value is -3.00. The van der Waals surface area contributed by atoms with Gasteiger partial charge in [-0.3, -0.25) is 19.9 Å². The molecule has 2 aliphatic heterocycles. The van der Waals surface area contributed by atoms with E-state index in [1.54, 1.807) is 6.07 Å². The van der Waals surface area contributed by atoms with Crippen molar-refractivity contribution in [1.82, 2.24) is 4.90 Å². The number of thioether (sulfide) groups is 1. The molecule has 2 aromatic carbocycles. The number of benzene rings is 2. The van der Waals surface area contributed by atoms with Crippen LogP contribution in [0.15, 0.2) is 58.5 Å². The van der Waals surface area contributed by atoms with Crippen LogP contribution in [-0.2, 0) is 10.5 Å². The number of hydrogen-bond acceptors (Lipinski definition) is 6. The zero-order valence-electron chi connectivity index (χ0n) is 13.0. The largest absolute Gasteiger partial charge is 0.272 e. The summed E-state index contributed by atoms with van der Waals surface area (Å²) in [5.74, 6) is 0.978. The molecule has 0 N–H and O–H groups in total. The van der Waals surface area contributed by atoms with E-state index in [0.717, 1.165) is 16.8 Å². The molecular formula is C17H12N4O3S. The number of carbonyl (C=O) groups excluding carboxylic acids is 1. The lowest BCUT2D eigenvalue weighted by molar-refractivity contribution is -0.384. The minimum Gasteiger partial charge on any atom is -0.272 e. The van der Waals surface area contributed by atoms with Crippen molar-refractivity contribution >= 4 is 40.0 Å². The van der Waals surface area contributed by atoms with Gasteiger partial charge in [0.05, 0.1) is 10.6 Å². The summed E-state index contributed by atoms with van der Waals surface area (Å²) in [4.78, 5) is 33.1. The molecule has 2 heterocycles. The van der Waals surface area contributed by atoms with E-state index in [1.165, 1.54) is 28.8 Å². The monoisotopic (exact) mass is 352 g/mol. The number of nitrogens with zero attached hydrogens (tertiary/aromatic N) is 4. The molecular weight excluding hydrogens is 340 g/mol. The van der Waals surface area contributed by atoms with Gasteiger partial charge in [-0.1, -0.05) is 36.0 Å². The quantitative estimate of drug-likeness (QED) is 0.627. The lowest BCUT2D eigenvalue weighted by atomic mass is 10.1. The fraction of sp³-hybridized carbons (Fsp3) is 0.118. The molecule has 2 aliphatic rings. The van der Waals surface area contributed by atoms with Crippen LogP contribution in [0.5, 0.6) is 0 Å². The Morgan fingerprint density at radius 3 is 2.88 bits per heavy atom. The van der Waals surface area contributed by atoms with E-state index < -0.39 is 4.92 Å². The molecule has 124 valence electrons. The van der Waals surface area contributed by atoms with E-state index in [4.69, 9.17) is 0 Å². The van der Waals surface area contributed by atoms with Crippen molar-refractivity contribution < 1.29 is 9.72 Å². The summed E-state index contributed by atoms with van der Waals surface area (Å²) in [5.41, 5.74) is 2.46. The molecule has 0 unspecified atom stereocenters. The summed E-state index contributed by atoms with van der Waals surface area (Å²) >= 11 is 1.37. The van der Waals surface area contributed by atoms with E-state index in [9.17, 15) is 14.9 Å². The first-order valence-corrected chi connectivity index (χ1v) is 8.53. The summed E-state index contributed by atoms with van der Waals surface area (Å²) in [6, 6.07) is 14.0. The van der Waals surface area contributed by atoms with E-state index in [2.05, 4.69) is 9.98 Å². The molecule has 0 aliphatic carbocycles. The second kappa shape index (κ2) is 6.14. The third kappa shape index (κ3) is 2.80. The van der Waals surface area contributed by atoms with Crippen LogP contribution in [-0.4, -0.2) is 33.3 Å². The number of amides is 1. The Bertz CT molecular complexity index is 954. The van der Waals surface area contributed by atoms with Crippen LogP contribution in [0, 0.1) is 10.1 Å². The molecule has 0 aromatic heterocycles. The smallest absolute Gasteiger partial charge is 0.269 e. The van der Waals surface area contributed by atoms with Gasteiger partial charge in [0.25, 0.3) is 11.6 Å². The van der Waals surface area contributed by atoms with Gasteiger partial charge in [-0.25, -0.2) is 9.89 Å². The third-order valence-electron chi connectivity index (χ3n) is 3.87. The van der Waals surface area contributed by atoms with Gasteiger partial charge in [0.2, 0.25) is 0 Å². The van der Waals surface area contributed by atoms with Gasteiger partial charge >= 0.3 is 0 Å². The first-order valence-electron chi connectivity index (χ1n) is 7.55. The normalized spacial score (nSPS) is 15.4. The van der Waals surface area contributed by atoms with Crippen molar-refractivity contribution in [3.8, 4) is 0 Å². The minimum absolute atomic E-state index is 0.0496. The van der Waals surface area contributed by atoms with Crippen molar-refractivity contribution in [2.24, 2.45) is 9.98 Å². The van der Waals surface area contributed by atoms with Gasteiger partial charge in [-0.05, 0) is 17.7 Å². The van der Waals surface area contributed by atoms with Gasteiger partial charge in [0, 0.05) is 23.4 Å². The lowest BCUT2D eigenvalue weighted by Gasteiger charge is -2.25. The molecule has 0 atom stereocenters. The Balaban J connectivity index is 1.63. The summed E-state index contributed by atoms with van der Waals surface area (Å²) in [6.45, 7) is 0.111. The van der Waals surface area contributed by atoms with Gasteiger partial charge < -0.3 is 0 Å². The van der Waals surface area contributed by atoms with Crippen LogP contribution >= 0.6 is 11.8 Å². The number of non-ortho nitro benzene ring substituents is 1. The van der Waals surface area contributed by atoms with Crippen LogP contribution in [0.2, 0.25) is 0 Å². The molecule has 2 aromatic rings. The molecule has 25 heavy (non-hydrogen) atoms. The van der Waals surface area contributed by atoms with Crippen LogP contribution in [0.25, 0.3) is 0 Å². The van der Waals surface area contributed by atoms with Crippen molar-refractivity contribution in [3.05, 3.63) is 69.8 Å². The van der Waals surface area contributed by atoms with Crippen molar-refractivity contribution in [2.45, 2.75) is 5.75 Å². The number of carbonyl (C=O) groups is 1. The SMILES string of the molecule is O=C1CN=C2c3ccccc3N=C(SCc3cccc([N+](=O)[O-])c3)N12. The predicted octanol–water partition coefficient (Wildman–Crippen LogP) is 3.12. The fourth-order valence-electron chi connectivity index (χ4n) is 2.72. The van der Waals surface area contributed by atoms with Crippen molar-refractivity contribution in [2.75, 3.05) is 6.54 Å². The maximum Gasteiger partial charge on any atom is 0.269 e. The van der Waals surface area contributed by atoms with Crippen LogP contribution in [0.4, 0.5) is 11.4 Å². The first kappa shape index (κ1) is 15.5. The molecule has 0 saturated carbocycles. The van der Waals surface area contributed by atoms with E-state index in [0.29, 0.717) is 16.8 Å². The minimum atomic E-state index is -0.419. The maximum atomic E-state index is 12.2. The number of nitro groups is 1. The molecule has 0 saturated heterocycles. The number of para-hydroxylation sites is 1. The molecule has 1 amide bonds. The Kier molecular flexibility index (Phi) is 3.81. The first-order chi connectivity index (χ1) is 12.1. The van der Waals surface area contributed by atoms with Crippen molar-refractivity contribution in [1.29, 1.82) is 0 Å². The van der Waals surface area contributed by atoms with E-state index in [1.807, 2.05) is 30.3 Å². The summed E-state index contributed by atoms with van der Waals surface area (Å²) in [6.07, 6.45) is 0. The predicted molar refractivity (Wildman–Crippen MR) is 96.2 cm³/mol. The average molecular weight is 352 g/mol. The number of nitro benzene ring substituents is 1. The van der Waals surface area contributed by atoms with Crippen LogP contribution < -0.4 is 0 Å². The highest BCUT2D eigenvalue weighted by Gasteiger charge is 2.35. The molecule has 0 spiro atoms. The molecule has 0 radical (unpaired) electrons. The topological polar surface area (TPSA) is 88.2 Å². The summed E-state index contributed by atoms with van der Waals surface area (Å²) < 4.78 is 0. The molecule has 4 rings (SSSR count). The zero-order chi connectivity index (χ0) is 17.4. The number of fused-ring (bicyclic) bond motifs is 3. The van der Waals surface area contributed by atoms with Crippen molar-refractivity contribution in [3.63, 3.8) is 0 Å². The van der Waals surface area contributed by atoms with Crippen LogP contribution in [0.1, 0.15) is 11.1 Å². The fourth-order valence-corrected chi connectivity index (χ4v) is 3.68. The van der Waals surface area contributed by atoms with Gasteiger partial charge in [0.15, 0.2) is 5.17 Å². The van der Waals surface area contributed by atoms with Gasteiger partial charge in [0.1, 0.15) is 12.4 Å². The Morgan fingerprint density at radius 2 is 2.04 bits per heavy atom.